The summed E-state index contributed by atoms with van der Waals surface area (Å²) in [6, 6.07) is 0.232. The van der Waals surface area contributed by atoms with Gasteiger partial charge in [-0.25, -0.2) is 9.78 Å². The Morgan fingerprint density at radius 2 is 2.45 bits per heavy atom. The summed E-state index contributed by atoms with van der Waals surface area (Å²) in [6.07, 6.45) is 5.12. The van der Waals surface area contributed by atoms with Crippen LogP contribution in [-0.4, -0.2) is 40.0 Å². The van der Waals surface area contributed by atoms with Crippen LogP contribution in [0.4, 0.5) is 4.79 Å². The van der Waals surface area contributed by atoms with Crippen LogP contribution in [0.3, 0.4) is 0 Å². The van der Waals surface area contributed by atoms with Crippen molar-refractivity contribution in [2.75, 3.05) is 18.8 Å². The SMILES string of the molecule is CC(C)SCCNC(=O)N1CCCC[C@H]1c1nccs1. The Kier molecular flexibility index (Phi) is 6.16. The molecule has 0 aromatic carbocycles. The number of nitrogens with one attached hydrogen (secondary N) is 1. The van der Waals surface area contributed by atoms with E-state index in [0.717, 1.165) is 36.7 Å². The molecule has 2 heterocycles. The Labute approximate surface area is 129 Å². The number of hydrogen-bond acceptors (Lipinski definition) is 4. The minimum absolute atomic E-state index is 0.0641. The summed E-state index contributed by atoms with van der Waals surface area (Å²) >= 11 is 3.52. The van der Waals surface area contributed by atoms with Gasteiger partial charge in [-0.05, 0) is 24.5 Å². The van der Waals surface area contributed by atoms with Crippen molar-refractivity contribution in [3.05, 3.63) is 16.6 Å². The van der Waals surface area contributed by atoms with Crippen LogP contribution in [-0.2, 0) is 0 Å². The lowest BCUT2D eigenvalue weighted by molar-refractivity contribution is 0.152. The Hall–Kier alpha value is -0.750. The lowest BCUT2D eigenvalue weighted by atomic mass is 10.0. The van der Waals surface area contributed by atoms with Crippen LogP contribution in [0.15, 0.2) is 11.6 Å². The molecule has 4 nitrogen and oxygen atoms in total. The molecule has 1 aliphatic heterocycles. The molecule has 2 amide bonds. The predicted octanol–water partition coefficient (Wildman–Crippen LogP) is 3.52. The van der Waals surface area contributed by atoms with Crippen molar-refractivity contribution in [1.29, 1.82) is 0 Å². The molecule has 20 heavy (non-hydrogen) atoms. The highest BCUT2D eigenvalue weighted by atomic mass is 32.2. The Morgan fingerprint density at radius 3 is 3.15 bits per heavy atom. The van der Waals surface area contributed by atoms with Gasteiger partial charge in [0.2, 0.25) is 0 Å². The van der Waals surface area contributed by atoms with E-state index < -0.39 is 0 Å². The molecule has 2 rings (SSSR count). The third-order valence-corrected chi connectivity index (χ3v) is 5.31. The Morgan fingerprint density at radius 1 is 1.60 bits per heavy atom. The van der Waals surface area contributed by atoms with Gasteiger partial charge in [0.05, 0.1) is 6.04 Å². The molecule has 1 aliphatic rings. The minimum atomic E-state index is 0.0641. The van der Waals surface area contributed by atoms with Gasteiger partial charge in [-0.15, -0.1) is 11.3 Å². The number of likely N-dealkylation sites (tertiary alicyclic amines) is 1. The number of carbonyl (C=O) groups excluding carboxylic acids is 1. The van der Waals surface area contributed by atoms with Crippen molar-refractivity contribution in [2.45, 2.75) is 44.4 Å². The average Bonchev–Trinajstić information content (AvgIpc) is 2.97. The fraction of sp³-hybridized carbons (Fsp3) is 0.714. The molecule has 0 aliphatic carbocycles. The molecular formula is C14H23N3OS2. The largest absolute Gasteiger partial charge is 0.337 e. The number of thiazole rings is 1. The van der Waals surface area contributed by atoms with E-state index in [1.54, 1.807) is 11.3 Å². The second-order valence-electron chi connectivity index (χ2n) is 5.23. The van der Waals surface area contributed by atoms with E-state index in [0.29, 0.717) is 5.25 Å². The molecule has 6 heteroatoms. The maximum atomic E-state index is 12.3. The highest BCUT2D eigenvalue weighted by Gasteiger charge is 2.29. The smallest absolute Gasteiger partial charge is 0.318 e. The normalized spacial score (nSPS) is 19.4. The number of carbonyl (C=O) groups is 1. The first kappa shape index (κ1) is 15.6. The van der Waals surface area contributed by atoms with Crippen LogP contribution in [0.5, 0.6) is 0 Å². The fourth-order valence-electron chi connectivity index (χ4n) is 2.38. The predicted molar refractivity (Wildman–Crippen MR) is 86.4 cm³/mol. The molecule has 1 aromatic heterocycles. The summed E-state index contributed by atoms with van der Waals surface area (Å²) in [7, 11) is 0. The quantitative estimate of drug-likeness (QED) is 0.846. The van der Waals surface area contributed by atoms with Crippen LogP contribution in [0, 0.1) is 0 Å². The van der Waals surface area contributed by atoms with Crippen molar-refractivity contribution in [3.63, 3.8) is 0 Å². The van der Waals surface area contributed by atoms with Gasteiger partial charge in [0.15, 0.2) is 0 Å². The second-order valence-corrected chi connectivity index (χ2v) is 7.84. The molecule has 0 spiro atoms. The summed E-state index contributed by atoms with van der Waals surface area (Å²) in [5.74, 6) is 0.971. The average molecular weight is 313 g/mol. The standard InChI is InChI=1S/C14H23N3OS2/c1-11(2)19-9-7-16-14(18)17-8-4-3-5-12(17)13-15-6-10-20-13/h6,10-12H,3-5,7-9H2,1-2H3,(H,16,18)/t12-/m0/s1. The summed E-state index contributed by atoms with van der Waals surface area (Å²) in [6.45, 7) is 5.93. The third kappa shape index (κ3) is 4.38. The van der Waals surface area contributed by atoms with Gasteiger partial charge >= 0.3 is 6.03 Å². The zero-order chi connectivity index (χ0) is 14.4. The first-order valence-corrected chi connectivity index (χ1v) is 9.17. The molecule has 0 unspecified atom stereocenters. The lowest BCUT2D eigenvalue weighted by Crippen LogP contribution is -2.45. The first-order valence-electron chi connectivity index (χ1n) is 7.24. The number of amides is 2. The number of hydrogen-bond donors (Lipinski definition) is 1. The van der Waals surface area contributed by atoms with Gasteiger partial charge in [0.25, 0.3) is 0 Å². The van der Waals surface area contributed by atoms with E-state index in [4.69, 9.17) is 0 Å². The van der Waals surface area contributed by atoms with Gasteiger partial charge < -0.3 is 10.2 Å². The van der Waals surface area contributed by atoms with Crippen LogP contribution in [0.2, 0.25) is 0 Å². The highest BCUT2D eigenvalue weighted by Crippen LogP contribution is 2.31. The molecule has 112 valence electrons. The van der Waals surface area contributed by atoms with Gasteiger partial charge in [-0.3, -0.25) is 0 Å². The zero-order valence-corrected chi connectivity index (χ0v) is 13.8. The van der Waals surface area contributed by atoms with E-state index in [1.165, 1.54) is 6.42 Å². The maximum Gasteiger partial charge on any atom is 0.318 e. The molecule has 1 atom stereocenters. The maximum absolute atomic E-state index is 12.3. The molecule has 1 saturated heterocycles. The number of piperidine rings is 1. The van der Waals surface area contributed by atoms with E-state index >= 15 is 0 Å². The third-order valence-electron chi connectivity index (χ3n) is 3.33. The van der Waals surface area contributed by atoms with Gasteiger partial charge in [-0.1, -0.05) is 13.8 Å². The van der Waals surface area contributed by atoms with Crippen molar-refractivity contribution in [1.82, 2.24) is 15.2 Å². The van der Waals surface area contributed by atoms with E-state index in [1.807, 2.05) is 28.2 Å². The topological polar surface area (TPSA) is 45.2 Å². The molecule has 0 radical (unpaired) electrons. The molecule has 1 fully saturated rings. The van der Waals surface area contributed by atoms with E-state index in [-0.39, 0.29) is 12.1 Å². The van der Waals surface area contributed by atoms with Crippen LogP contribution in [0.1, 0.15) is 44.2 Å². The monoisotopic (exact) mass is 313 g/mol. The molecular weight excluding hydrogens is 290 g/mol. The Balaban J connectivity index is 1.86. The highest BCUT2D eigenvalue weighted by molar-refractivity contribution is 7.99. The fourth-order valence-corrected chi connectivity index (χ4v) is 3.86. The van der Waals surface area contributed by atoms with E-state index in [2.05, 4.69) is 24.1 Å². The van der Waals surface area contributed by atoms with E-state index in [9.17, 15) is 4.79 Å². The Bertz CT molecular complexity index is 409. The lowest BCUT2D eigenvalue weighted by Gasteiger charge is -2.34. The number of nitrogens with zero attached hydrogens (tertiary/aromatic N) is 2. The van der Waals surface area contributed by atoms with Crippen LogP contribution in [0.25, 0.3) is 0 Å². The number of aromatic nitrogens is 1. The number of urea groups is 1. The van der Waals surface area contributed by atoms with Crippen LogP contribution >= 0.6 is 23.1 Å². The van der Waals surface area contributed by atoms with Crippen molar-refractivity contribution >= 4 is 29.1 Å². The minimum Gasteiger partial charge on any atom is -0.337 e. The summed E-state index contributed by atoms with van der Waals surface area (Å²) < 4.78 is 0. The van der Waals surface area contributed by atoms with Crippen molar-refractivity contribution in [2.24, 2.45) is 0 Å². The number of rotatable bonds is 5. The summed E-state index contributed by atoms with van der Waals surface area (Å²) in [4.78, 5) is 18.7. The molecule has 0 saturated carbocycles. The van der Waals surface area contributed by atoms with Gasteiger partial charge in [0.1, 0.15) is 5.01 Å². The molecule has 1 N–H and O–H groups in total. The summed E-state index contributed by atoms with van der Waals surface area (Å²) in [5, 5.41) is 6.71. The molecule has 1 aromatic rings. The first-order chi connectivity index (χ1) is 9.68. The second kappa shape index (κ2) is 7.88. The van der Waals surface area contributed by atoms with Crippen molar-refractivity contribution in [3.8, 4) is 0 Å². The summed E-state index contributed by atoms with van der Waals surface area (Å²) in [5.41, 5.74) is 0. The number of thioether (sulfide) groups is 1. The van der Waals surface area contributed by atoms with Gasteiger partial charge in [-0.2, -0.15) is 11.8 Å². The molecule has 0 bridgehead atoms. The van der Waals surface area contributed by atoms with Gasteiger partial charge in [0, 0.05) is 30.4 Å². The van der Waals surface area contributed by atoms with Crippen molar-refractivity contribution < 1.29 is 4.79 Å². The van der Waals surface area contributed by atoms with Crippen LogP contribution < -0.4 is 5.32 Å². The zero-order valence-electron chi connectivity index (χ0n) is 12.2.